The number of unbranched alkanes of at least 4 members (excludes halogenated alkanes) is 2. The number of carbonyl (C=O) groups excluding carboxylic acids is 1. The van der Waals surface area contributed by atoms with E-state index in [2.05, 4.69) is 262 Å². The standard InChI is InChI=1S/C33H42N3O2.C31H37N3O2/c1-7-38-33(37)10-8-9-25-36(6)31-18-11-26(12-19-31)13-24-32(27-14-20-29(21-15-27)34(2)3)28-16-22-30(23-17-28)35(4)5;1-32(2)27-18-12-25(13-19-27)30(26-14-20-28(21-15-26)33(3)4)22-11-24-9-16-29(17-10-24)34(5)23-7-6-8-31(35)36/h11-24H,7-10,25H2,1-6H3;9-22H,6-8,23H2,1-5H3/q+1;/p+1. The molecule has 1 N–H and O–H groups in total. The summed E-state index contributed by atoms with van der Waals surface area (Å²) in [5.41, 5.74) is 16.4. The van der Waals surface area contributed by atoms with Crippen molar-refractivity contribution in [3.05, 3.63) is 191 Å². The molecule has 0 unspecified atom stereocenters. The molecule has 0 saturated carbocycles. The summed E-state index contributed by atoms with van der Waals surface area (Å²) in [6.07, 6.45) is 30.2. The maximum atomic E-state index is 11.5. The van der Waals surface area contributed by atoms with Gasteiger partial charge in [0.15, 0.2) is 11.4 Å². The fourth-order valence-electron chi connectivity index (χ4n) is 8.25. The fourth-order valence-corrected chi connectivity index (χ4v) is 8.25. The number of esters is 1. The average Bonchev–Trinajstić information content (AvgIpc) is 3.40. The topological polar surface area (TPSA) is 82.6 Å². The highest BCUT2D eigenvalue weighted by Gasteiger charge is 2.13. The number of ether oxygens (including phenoxy) is 1. The van der Waals surface area contributed by atoms with Gasteiger partial charge in [0.05, 0.1) is 6.61 Å². The lowest BCUT2D eigenvalue weighted by atomic mass is 9.95. The SMILES string of the molecule is CCOC(=O)CCCCN(C)c1ccc(/C=C/C(=C2C=CC(=[N+](C)C)C=C2)c2ccc(N(C)C)cc2)cc1.CN(C)c1ccc(C(/C=C/c2ccc(N(C)CCCCC(=O)O)cc2)=C2C=CC(=[N+](C)C)C=C2)cc1. The Kier molecular flexibility index (Phi) is 22.5. The van der Waals surface area contributed by atoms with Gasteiger partial charge in [0, 0.05) is 115 Å². The number of carbonyl (C=O) groups is 2. The van der Waals surface area contributed by atoms with Crippen molar-refractivity contribution < 1.29 is 28.6 Å². The van der Waals surface area contributed by atoms with Crippen LogP contribution < -0.4 is 19.6 Å². The van der Waals surface area contributed by atoms with E-state index >= 15 is 0 Å². The molecule has 4 aromatic rings. The van der Waals surface area contributed by atoms with Gasteiger partial charge in [0.25, 0.3) is 0 Å². The first-order valence-electron chi connectivity index (χ1n) is 25.7. The van der Waals surface area contributed by atoms with E-state index in [1.54, 1.807) is 0 Å². The Labute approximate surface area is 442 Å². The summed E-state index contributed by atoms with van der Waals surface area (Å²) in [7, 11) is 20.6. The number of aliphatic carboxylic acids is 1. The molecule has 4 aromatic carbocycles. The Bertz CT molecular complexity index is 2770. The third-order valence-corrected chi connectivity index (χ3v) is 12.9. The first-order valence-corrected chi connectivity index (χ1v) is 25.7. The zero-order valence-corrected chi connectivity index (χ0v) is 45.9. The number of carboxylic acid groups (broad SMARTS) is 1. The van der Waals surface area contributed by atoms with Gasteiger partial charge in [-0.25, -0.2) is 9.15 Å². The minimum atomic E-state index is -0.729. The molecule has 2 aliphatic rings. The maximum Gasteiger partial charge on any atom is 0.305 e. The van der Waals surface area contributed by atoms with Crippen molar-refractivity contribution in [1.29, 1.82) is 0 Å². The van der Waals surface area contributed by atoms with Gasteiger partial charge in [-0.3, -0.25) is 9.59 Å². The Morgan fingerprint density at radius 1 is 0.486 bits per heavy atom. The van der Waals surface area contributed by atoms with Crippen LogP contribution in [0, 0.1) is 0 Å². The second-order valence-electron chi connectivity index (χ2n) is 19.4. The van der Waals surface area contributed by atoms with Crippen molar-refractivity contribution in [2.75, 3.05) is 110 Å². The Hall–Kier alpha value is -7.72. The number of benzene rings is 4. The summed E-state index contributed by atoms with van der Waals surface area (Å²) < 4.78 is 9.23. The summed E-state index contributed by atoms with van der Waals surface area (Å²) >= 11 is 0. The number of allylic oxidation sites excluding steroid dienone is 14. The van der Waals surface area contributed by atoms with Crippen LogP contribution in [0.4, 0.5) is 22.7 Å². The molecule has 10 nitrogen and oxygen atoms in total. The van der Waals surface area contributed by atoms with Gasteiger partial charge in [-0.2, -0.15) is 0 Å². The van der Waals surface area contributed by atoms with Crippen molar-refractivity contribution in [2.24, 2.45) is 0 Å². The highest BCUT2D eigenvalue weighted by Crippen LogP contribution is 2.29. The van der Waals surface area contributed by atoms with Crippen LogP contribution in [0.3, 0.4) is 0 Å². The summed E-state index contributed by atoms with van der Waals surface area (Å²) in [6.45, 7) is 4.03. The minimum absolute atomic E-state index is 0.107. The third-order valence-electron chi connectivity index (χ3n) is 12.9. The number of carboxylic acids is 1. The van der Waals surface area contributed by atoms with Gasteiger partial charge in [-0.05, 0) is 150 Å². The smallest absolute Gasteiger partial charge is 0.305 e. The van der Waals surface area contributed by atoms with Gasteiger partial charge in [-0.1, -0.05) is 72.8 Å². The van der Waals surface area contributed by atoms with E-state index in [1.807, 2.05) is 14.0 Å². The number of nitrogens with zero attached hydrogens (tertiary/aromatic N) is 6. The molecule has 0 heterocycles. The lowest BCUT2D eigenvalue weighted by Gasteiger charge is -2.19. The number of anilines is 4. The molecule has 0 bridgehead atoms. The zero-order chi connectivity index (χ0) is 53.6. The predicted octanol–water partition coefficient (Wildman–Crippen LogP) is 12.0. The highest BCUT2D eigenvalue weighted by atomic mass is 16.5. The maximum absolute atomic E-state index is 11.5. The van der Waals surface area contributed by atoms with Crippen LogP contribution in [0.2, 0.25) is 0 Å². The van der Waals surface area contributed by atoms with Crippen LogP contribution in [0.25, 0.3) is 23.3 Å². The Morgan fingerprint density at radius 3 is 1.16 bits per heavy atom. The largest absolute Gasteiger partial charge is 0.481 e. The molecule has 0 atom stereocenters. The van der Waals surface area contributed by atoms with Gasteiger partial charge < -0.3 is 29.4 Å². The van der Waals surface area contributed by atoms with Crippen LogP contribution >= 0.6 is 0 Å². The highest BCUT2D eigenvalue weighted by molar-refractivity contribution is 6.04. The van der Waals surface area contributed by atoms with Crippen molar-refractivity contribution in [3.8, 4) is 0 Å². The molecule has 2 aliphatic carbocycles. The lowest BCUT2D eigenvalue weighted by molar-refractivity contribution is -0.462. The molecule has 0 spiro atoms. The van der Waals surface area contributed by atoms with Crippen LogP contribution in [-0.2, 0) is 14.3 Å². The molecule has 0 aliphatic heterocycles. The van der Waals surface area contributed by atoms with E-state index in [0.29, 0.717) is 19.4 Å². The lowest BCUT2D eigenvalue weighted by Crippen LogP contribution is -2.18. The molecule has 74 heavy (non-hydrogen) atoms. The molecule has 6 rings (SSSR count). The Morgan fingerprint density at radius 2 is 0.838 bits per heavy atom. The van der Waals surface area contributed by atoms with Crippen molar-refractivity contribution in [1.82, 2.24) is 0 Å². The molecule has 0 saturated heterocycles. The molecule has 388 valence electrons. The molecule has 0 radical (unpaired) electrons. The van der Waals surface area contributed by atoms with E-state index in [-0.39, 0.29) is 12.4 Å². The summed E-state index contributed by atoms with van der Waals surface area (Å²) in [5.74, 6) is -0.836. The molecule has 0 aromatic heterocycles. The summed E-state index contributed by atoms with van der Waals surface area (Å²) in [5, 5.41) is 8.80. The first-order chi connectivity index (χ1) is 35.5. The molecular weight excluding hydrogens is 917 g/mol. The van der Waals surface area contributed by atoms with Gasteiger partial charge in [0.1, 0.15) is 28.2 Å². The van der Waals surface area contributed by atoms with Crippen LogP contribution in [-0.4, -0.2) is 128 Å². The molecule has 0 amide bonds. The second-order valence-corrected chi connectivity index (χ2v) is 19.4. The van der Waals surface area contributed by atoms with E-state index in [1.165, 1.54) is 61.9 Å². The quantitative estimate of drug-likeness (QED) is 0.0502. The monoisotopic (exact) mass is 997 g/mol. The average molecular weight is 997 g/mol. The van der Waals surface area contributed by atoms with Gasteiger partial charge >= 0.3 is 11.9 Å². The molecule has 0 fully saturated rings. The van der Waals surface area contributed by atoms with Crippen LogP contribution in [0.15, 0.2) is 169 Å². The predicted molar refractivity (Wildman–Crippen MR) is 316 cm³/mol. The normalized spacial score (nSPS) is 12.7. The van der Waals surface area contributed by atoms with E-state index in [0.717, 1.165) is 49.2 Å². The Balaban J connectivity index is 0.000000274. The zero-order valence-electron chi connectivity index (χ0n) is 45.9. The fraction of sp³-hybridized carbons (Fsp3) is 0.312. The number of hydrogen-bond acceptors (Lipinski definition) is 7. The summed E-state index contributed by atoms with van der Waals surface area (Å²) in [4.78, 5) is 30.8. The number of rotatable bonds is 21. The third kappa shape index (κ3) is 18.1. The summed E-state index contributed by atoms with van der Waals surface area (Å²) in [6, 6.07) is 34.5. The minimum Gasteiger partial charge on any atom is -0.481 e. The van der Waals surface area contributed by atoms with Crippen LogP contribution in [0.1, 0.15) is 67.7 Å². The van der Waals surface area contributed by atoms with Gasteiger partial charge in [0.2, 0.25) is 0 Å². The van der Waals surface area contributed by atoms with Crippen molar-refractivity contribution in [3.63, 3.8) is 0 Å². The van der Waals surface area contributed by atoms with Crippen molar-refractivity contribution >= 4 is 69.4 Å². The van der Waals surface area contributed by atoms with E-state index < -0.39 is 5.97 Å². The van der Waals surface area contributed by atoms with E-state index in [9.17, 15) is 9.59 Å². The van der Waals surface area contributed by atoms with Gasteiger partial charge in [-0.15, -0.1) is 0 Å². The molecular formula is C64H80N6O4+2. The van der Waals surface area contributed by atoms with Crippen molar-refractivity contribution in [2.45, 2.75) is 45.4 Å². The van der Waals surface area contributed by atoms with E-state index in [4.69, 9.17) is 9.84 Å². The first kappa shape index (κ1) is 57.2. The van der Waals surface area contributed by atoms with Crippen LogP contribution in [0.5, 0.6) is 0 Å². The molecule has 10 heteroatoms. The number of hydrogen-bond donors (Lipinski definition) is 1. The second kappa shape index (κ2) is 29.1.